The maximum absolute atomic E-state index is 9.26. The molecule has 0 bridgehead atoms. The van der Waals surface area contributed by atoms with Crippen molar-refractivity contribution >= 4 is 0 Å². The number of hydrogen-bond acceptors (Lipinski definition) is 4. The van der Waals surface area contributed by atoms with Crippen LogP contribution in [-0.2, 0) is 0 Å². The van der Waals surface area contributed by atoms with E-state index >= 15 is 0 Å². The Morgan fingerprint density at radius 1 is 1.29 bits per heavy atom. The summed E-state index contributed by atoms with van der Waals surface area (Å²) in [6, 6.07) is 5.57. The van der Waals surface area contributed by atoms with Gasteiger partial charge in [0.15, 0.2) is 11.5 Å². The van der Waals surface area contributed by atoms with Crippen LogP contribution in [0.4, 0.5) is 0 Å². The summed E-state index contributed by atoms with van der Waals surface area (Å²) >= 11 is 0. The van der Waals surface area contributed by atoms with Gasteiger partial charge in [-0.05, 0) is 24.1 Å². The van der Waals surface area contributed by atoms with Crippen molar-refractivity contribution in [2.24, 2.45) is 11.7 Å². The third kappa shape index (κ3) is 2.53. The smallest absolute Gasteiger partial charge is 0.161 e. The number of benzene rings is 1. The van der Waals surface area contributed by atoms with E-state index < -0.39 is 0 Å². The molecule has 1 aromatic rings. The number of fused-ring (bicyclic) bond motifs is 1. The van der Waals surface area contributed by atoms with E-state index in [1.807, 2.05) is 25.1 Å². The number of aliphatic hydroxyl groups excluding tert-OH is 1. The molecule has 2 rings (SSSR count). The lowest BCUT2D eigenvalue weighted by Gasteiger charge is -2.24. The largest absolute Gasteiger partial charge is 0.486 e. The zero-order valence-corrected chi connectivity index (χ0v) is 10.1. The van der Waals surface area contributed by atoms with Gasteiger partial charge >= 0.3 is 0 Å². The van der Waals surface area contributed by atoms with Crippen molar-refractivity contribution in [2.75, 3.05) is 19.8 Å². The van der Waals surface area contributed by atoms with Crippen molar-refractivity contribution in [3.63, 3.8) is 0 Å². The molecule has 0 amide bonds. The fourth-order valence-corrected chi connectivity index (χ4v) is 2.04. The van der Waals surface area contributed by atoms with Crippen LogP contribution < -0.4 is 15.2 Å². The van der Waals surface area contributed by atoms with E-state index in [9.17, 15) is 5.11 Å². The molecule has 2 unspecified atom stereocenters. The molecule has 1 aromatic carbocycles. The predicted octanol–water partition coefficient (Wildman–Crippen LogP) is 1.48. The molecule has 0 radical (unpaired) electrons. The Bertz CT molecular complexity index is 377. The van der Waals surface area contributed by atoms with Crippen molar-refractivity contribution in [1.82, 2.24) is 0 Å². The Morgan fingerprint density at radius 3 is 2.65 bits per heavy atom. The summed E-state index contributed by atoms with van der Waals surface area (Å²) < 4.78 is 11.0. The van der Waals surface area contributed by atoms with Gasteiger partial charge in [0, 0.05) is 18.6 Å². The van der Waals surface area contributed by atoms with Gasteiger partial charge in [0.2, 0.25) is 0 Å². The summed E-state index contributed by atoms with van der Waals surface area (Å²) in [5, 5.41) is 9.26. The minimum atomic E-state index is -0.166. The molecular formula is C13H19NO3. The van der Waals surface area contributed by atoms with Crippen molar-refractivity contribution < 1.29 is 14.6 Å². The summed E-state index contributed by atoms with van der Waals surface area (Å²) in [7, 11) is 0. The zero-order valence-electron chi connectivity index (χ0n) is 10.1. The topological polar surface area (TPSA) is 64.7 Å². The molecule has 4 nitrogen and oxygen atoms in total. The summed E-state index contributed by atoms with van der Waals surface area (Å²) in [4.78, 5) is 0. The van der Waals surface area contributed by atoms with Gasteiger partial charge in [0.05, 0.1) is 0 Å². The monoisotopic (exact) mass is 237 g/mol. The second-order valence-electron chi connectivity index (χ2n) is 4.28. The normalized spacial score (nSPS) is 17.6. The van der Waals surface area contributed by atoms with Gasteiger partial charge in [0.1, 0.15) is 13.2 Å². The Balaban J connectivity index is 2.21. The van der Waals surface area contributed by atoms with Crippen LogP contribution in [0.3, 0.4) is 0 Å². The Morgan fingerprint density at radius 2 is 2.00 bits per heavy atom. The number of rotatable bonds is 4. The zero-order chi connectivity index (χ0) is 12.3. The van der Waals surface area contributed by atoms with Crippen molar-refractivity contribution in [3.8, 4) is 11.5 Å². The minimum Gasteiger partial charge on any atom is -0.486 e. The van der Waals surface area contributed by atoms with Crippen LogP contribution in [0.2, 0.25) is 0 Å². The molecule has 4 heteroatoms. The van der Waals surface area contributed by atoms with E-state index in [2.05, 4.69) is 0 Å². The summed E-state index contributed by atoms with van der Waals surface area (Å²) in [5.74, 6) is 1.60. The van der Waals surface area contributed by atoms with Crippen molar-refractivity contribution in [3.05, 3.63) is 23.8 Å². The van der Waals surface area contributed by atoms with E-state index in [4.69, 9.17) is 15.2 Å². The Hall–Kier alpha value is -1.26. The van der Waals surface area contributed by atoms with E-state index in [1.165, 1.54) is 0 Å². The third-order valence-electron chi connectivity index (χ3n) is 3.22. The predicted molar refractivity (Wildman–Crippen MR) is 65.2 cm³/mol. The fraction of sp³-hybridized carbons (Fsp3) is 0.538. The molecule has 2 atom stereocenters. The number of nitrogens with two attached hydrogens (primary N) is 1. The molecule has 94 valence electrons. The summed E-state index contributed by atoms with van der Waals surface area (Å²) in [6.45, 7) is 3.29. The van der Waals surface area contributed by atoms with Gasteiger partial charge in [-0.3, -0.25) is 0 Å². The molecule has 17 heavy (non-hydrogen) atoms. The average Bonchev–Trinajstić information content (AvgIpc) is 2.39. The third-order valence-corrected chi connectivity index (χ3v) is 3.22. The lowest BCUT2D eigenvalue weighted by molar-refractivity contribution is 0.170. The lowest BCUT2D eigenvalue weighted by Crippen LogP contribution is -2.24. The van der Waals surface area contributed by atoms with E-state index in [0.717, 1.165) is 23.5 Å². The van der Waals surface area contributed by atoms with Crippen LogP contribution in [0.25, 0.3) is 0 Å². The van der Waals surface area contributed by atoms with Gasteiger partial charge in [-0.25, -0.2) is 0 Å². The first-order chi connectivity index (χ1) is 8.26. The highest BCUT2D eigenvalue weighted by Gasteiger charge is 2.20. The first-order valence-corrected chi connectivity index (χ1v) is 6.02. The molecule has 1 aliphatic rings. The second kappa shape index (κ2) is 5.38. The molecule has 0 saturated carbocycles. The van der Waals surface area contributed by atoms with Crippen molar-refractivity contribution in [2.45, 2.75) is 19.4 Å². The number of hydrogen-bond donors (Lipinski definition) is 2. The Labute approximate surface area is 101 Å². The van der Waals surface area contributed by atoms with E-state index in [1.54, 1.807) is 0 Å². The molecule has 1 aliphatic heterocycles. The van der Waals surface area contributed by atoms with E-state index in [0.29, 0.717) is 13.2 Å². The maximum Gasteiger partial charge on any atom is 0.161 e. The fourth-order valence-electron chi connectivity index (χ4n) is 2.04. The maximum atomic E-state index is 9.26. The quantitative estimate of drug-likeness (QED) is 0.832. The van der Waals surface area contributed by atoms with Gasteiger partial charge in [-0.15, -0.1) is 0 Å². The summed E-state index contributed by atoms with van der Waals surface area (Å²) in [5.41, 5.74) is 7.12. The van der Waals surface area contributed by atoms with Crippen LogP contribution >= 0.6 is 0 Å². The average molecular weight is 237 g/mol. The van der Waals surface area contributed by atoms with Gasteiger partial charge in [0.25, 0.3) is 0 Å². The van der Waals surface area contributed by atoms with Gasteiger partial charge in [-0.1, -0.05) is 13.0 Å². The Kier molecular flexibility index (Phi) is 3.86. The van der Waals surface area contributed by atoms with Crippen LogP contribution in [0.1, 0.15) is 24.9 Å². The molecular weight excluding hydrogens is 218 g/mol. The minimum absolute atomic E-state index is 0.0811. The molecule has 3 N–H and O–H groups in total. The second-order valence-corrected chi connectivity index (χ2v) is 4.28. The SMILES string of the molecule is CCC(CO)C(N)c1ccc2c(c1)OCCO2. The highest BCUT2D eigenvalue weighted by Crippen LogP contribution is 2.34. The molecule has 1 heterocycles. The highest BCUT2D eigenvalue weighted by atomic mass is 16.6. The summed E-state index contributed by atoms with van der Waals surface area (Å²) in [6.07, 6.45) is 0.853. The molecule has 0 aliphatic carbocycles. The first-order valence-electron chi connectivity index (χ1n) is 6.02. The van der Waals surface area contributed by atoms with E-state index in [-0.39, 0.29) is 18.6 Å². The van der Waals surface area contributed by atoms with Gasteiger partial charge in [-0.2, -0.15) is 0 Å². The first kappa shape index (κ1) is 12.2. The van der Waals surface area contributed by atoms with Gasteiger partial charge < -0.3 is 20.3 Å². The van der Waals surface area contributed by atoms with Crippen LogP contribution in [0, 0.1) is 5.92 Å². The van der Waals surface area contributed by atoms with Crippen molar-refractivity contribution in [1.29, 1.82) is 0 Å². The van der Waals surface area contributed by atoms with Crippen LogP contribution in [0.15, 0.2) is 18.2 Å². The molecule has 0 aromatic heterocycles. The van der Waals surface area contributed by atoms with Crippen LogP contribution in [0.5, 0.6) is 11.5 Å². The standard InChI is InChI=1S/C13H19NO3/c1-2-9(8-15)13(14)10-3-4-11-12(7-10)17-6-5-16-11/h3-4,7,9,13,15H,2,5-6,8,14H2,1H3. The number of ether oxygens (including phenoxy) is 2. The molecule has 0 spiro atoms. The lowest BCUT2D eigenvalue weighted by atomic mass is 9.92. The molecule has 0 fully saturated rings. The van der Waals surface area contributed by atoms with Crippen LogP contribution in [-0.4, -0.2) is 24.9 Å². The molecule has 0 saturated heterocycles. The highest BCUT2D eigenvalue weighted by molar-refractivity contribution is 5.44. The number of aliphatic hydroxyl groups is 1.